The smallest absolute Gasteiger partial charge is 0.167 e. The molecular formula is C9H9ClN4O. The lowest BCUT2D eigenvalue weighted by Crippen LogP contribution is -2.02. The van der Waals surface area contributed by atoms with Crippen molar-refractivity contribution in [2.24, 2.45) is 0 Å². The maximum Gasteiger partial charge on any atom is 0.167 e. The fourth-order valence-corrected chi connectivity index (χ4v) is 1.93. The van der Waals surface area contributed by atoms with E-state index in [-0.39, 0.29) is 6.10 Å². The van der Waals surface area contributed by atoms with E-state index in [0.717, 1.165) is 25.3 Å². The quantitative estimate of drug-likeness (QED) is 0.691. The Morgan fingerprint density at radius 1 is 1.47 bits per heavy atom. The predicted octanol–water partition coefficient (Wildman–Crippen LogP) is 1.63. The summed E-state index contributed by atoms with van der Waals surface area (Å²) in [4.78, 5) is 4.00. The molecule has 1 aliphatic heterocycles. The van der Waals surface area contributed by atoms with Crippen LogP contribution >= 0.6 is 11.6 Å². The molecular weight excluding hydrogens is 216 g/mol. The lowest BCUT2D eigenvalue weighted by Gasteiger charge is -2.05. The standard InChI is InChI=1S/C9H9ClN4O/c10-7-4-8-12-13-9(14(8)5-11-7)6-2-1-3-15-6/h4-6H,1-3H2. The van der Waals surface area contributed by atoms with E-state index in [9.17, 15) is 0 Å². The van der Waals surface area contributed by atoms with Gasteiger partial charge in [-0.3, -0.25) is 4.40 Å². The van der Waals surface area contributed by atoms with E-state index < -0.39 is 0 Å². The summed E-state index contributed by atoms with van der Waals surface area (Å²) >= 11 is 5.76. The molecule has 0 aliphatic carbocycles. The van der Waals surface area contributed by atoms with Crippen LogP contribution in [-0.4, -0.2) is 26.2 Å². The molecule has 0 radical (unpaired) electrons. The third-order valence-electron chi connectivity index (χ3n) is 2.51. The number of halogens is 1. The van der Waals surface area contributed by atoms with Gasteiger partial charge in [0.05, 0.1) is 0 Å². The second-order valence-electron chi connectivity index (χ2n) is 3.50. The van der Waals surface area contributed by atoms with Gasteiger partial charge in [0.15, 0.2) is 11.5 Å². The molecule has 1 atom stereocenters. The van der Waals surface area contributed by atoms with Gasteiger partial charge in [0, 0.05) is 12.7 Å². The fraction of sp³-hybridized carbons (Fsp3) is 0.444. The van der Waals surface area contributed by atoms with Crippen molar-refractivity contribution in [3.8, 4) is 0 Å². The Kier molecular flexibility index (Phi) is 2.07. The molecule has 3 rings (SSSR count). The van der Waals surface area contributed by atoms with Crippen LogP contribution < -0.4 is 0 Å². The first kappa shape index (κ1) is 9.06. The summed E-state index contributed by atoms with van der Waals surface area (Å²) < 4.78 is 7.37. The number of ether oxygens (including phenoxy) is 1. The van der Waals surface area contributed by atoms with Crippen LogP contribution in [0.2, 0.25) is 5.15 Å². The van der Waals surface area contributed by atoms with Crippen LogP contribution in [0, 0.1) is 0 Å². The molecule has 0 spiro atoms. The number of aromatic nitrogens is 4. The zero-order valence-corrected chi connectivity index (χ0v) is 8.68. The van der Waals surface area contributed by atoms with Gasteiger partial charge in [0.25, 0.3) is 0 Å². The Morgan fingerprint density at radius 3 is 3.20 bits per heavy atom. The van der Waals surface area contributed by atoms with Gasteiger partial charge in [-0.25, -0.2) is 4.98 Å². The van der Waals surface area contributed by atoms with Crippen LogP contribution in [-0.2, 0) is 4.74 Å². The van der Waals surface area contributed by atoms with Crippen molar-refractivity contribution in [2.45, 2.75) is 18.9 Å². The van der Waals surface area contributed by atoms with Crippen LogP contribution in [0.15, 0.2) is 12.4 Å². The van der Waals surface area contributed by atoms with Gasteiger partial charge < -0.3 is 4.74 Å². The predicted molar refractivity (Wildman–Crippen MR) is 53.7 cm³/mol. The van der Waals surface area contributed by atoms with Crippen LogP contribution in [0.3, 0.4) is 0 Å². The van der Waals surface area contributed by atoms with Gasteiger partial charge in [-0.15, -0.1) is 10.2 Å². The van der Waals surface area contributed by atoms with Crippen LogP contribution in [0.25, 0.3) is 5.65 Å². The molecule has 1 aliphatic rings. The van der Waals surface area contributed by atoms with Gasteiger partial charge in [-0.1, -0.05) is 11.6 Å². The molecule has 15 heavy (non-hydrogen) atoms. The van der Waals surface area contributed by atoms with E-state index in [4.69, 9.17) is 16.3 Å². The molecule has 0 N–H and O–H groups in total. The molecule has 0 bridgehead atoms. The SMILES string of the molecule is Clc1cc2nnc(C3CCCO3)n2cn1. The minimum absolute atomic E-state index is 0.0444. The fourth-order valence-electron chi connectivity index (χ4n) is 1.79. The van der Waals surface area contributed by atoms with E-state index in [1.54, 1.807) is 12.4 Å². The topological polar surface area (TPSA) is 52.3 Å². The number of fused-ring (bicyclic) bond motifs is 1. The Labute approximate surface area is 91.0 Å². The highest BCUT2D eigenvalue weighted by molar-refractivity contribution is 6.29. The second-order valence-corrected chi connectivity index (χ2v) is 3.89. The first-order valence-corrected chi connectivity index (χ1v) is 5.20. The van der Waals surface area contributed by atoms with Crippen molar-refractivity contribution in [2.75, 3.05) is 6.61 Å². The van der Waals surface area contributed by atoms with Crippen molar-refractivity contribution < 1.29 is 4.74 Å². The molecule has 2 aromatic rings. The van der Waals surface area contributed by atoms with Gasteiger partial charge in [-0.2, -0.15) is 0 Å². The van der Waals surface area contributed by atoms with Crippen molar-refractivity contribution in [3.63, 3.8) is 0 Å². The molecule has 0 saturated carbocycles. The third-order valence-corrected chi connectivity index (χ3v) is 2.72. The van der Waals surface area contributed by atoms with Crippen molar-refractivity contribution in [3.05, 3.63) is 23.4 Å². The second kappa shape index (κ2) is 3.43. The average Bonchev–Trinajstić information content (AvgIpc) is 2.82. The van der Waals surface area contributed by atoms with E-state index in [0.29, 0.717) is 10.8 Å². The maximum absolute atomic E-state index is 5.76. The maximum atomic E-state index is 5.76. The van der Waals surface area contributed by atoms with E-state index in [2.05, 4.69) is 15.2 Å². The molecule has 2 aromatic heterocycles. The summed E-state index contributed by atoms with van der Waals surface area (Å²) in [6.45, 7) is 0.792. The average molecular weight is 225 g/mol. The molecule has 5 nitrogen and oxygen atoms in total. The Hall–Kier alpha value is -1.20. The van der Waals surface area contributed by atoms with Gasteiger partial charge in [0.1, 0.15) is 17.6 Å². The summed E-state index contributed by atoms with van der Waals surface area (Å²) in [7, 11) is 0. The van der Waals surface area contributed by atoms with E-state index >= 15 is 0 Å². The van der Waals surface area contributed by atoms with Crippen LogP contribution in [0.4, 0.5) is 0 Å². The molecule has 1 fully saturated rings. The molecule has 1 unspecified atom stereocenters. The van der Waals surface area contributed by atoms with Crippen molar-refractivity contribution in [1.82, 2.24) is 19.6 Å². The van der Waals surface area contributed by atoms with Crippen LogP contribution in [0.5, 0.6) is 0 Å². The number of hydrogen-bond acceptors (Lipinski definition) is 4. The lowest BCUT2D eigenvalue weighted by atomic mass is 10.2. The molecule has 0 amide bonds. The van der Waals surface area contributed by atoms with Crippen LogP contribution in [0.1, 0.15) is 24.8 Å². The molecule has 1 saturated heterocycles. The van der Waals surface area contributed by atoms with Crippen molar-refractivity contribution in [1.29, 1.82) is 0 Å². The zero-order chi connectivity index (χ0) is 10.3. The number of hydrogen-bond donors (Lipinski definition) is 0. The van der Waals surface area contributed by atoms with Gasteiger partial charge >= 0.3 is 0 Å². The molecule has 3 heterocycles. The first-order chi connectivity index (χ1) is 7.34. The highest BCUT2D eigenvalue weighted by Crippen LogP contribution is 2.27. The molecule has 0 aromatic carbocycles. The van der Waals surface area contributed by atoms with Gasteiger partial charge in [-0.05, 0) is 12.8 Å². The normalized spacial score (nSPS) is 21.3. The highest BCUT2D eigenvalue weighted by atomic mass is 35.5. The summed E-state index contributed by atoms with van der Waals surface area (Å²) in [6, 6.07) is 1.69. The highest BCUT2D eigenvalue weighted by Gasteiger charge is 2.22. The van der Waals surface area contributed by atoms with Gasteiger partial charge in [0.2, 0.25) is 0 Å². The summed E-state index contributed by atoms with van der Waals surface area (Å²) in [5, 5.41) is 8.57. The minimum Gasteiger partial charge on any atom is -0.370 e. The monoisotopic (exact) mass is 224 g/mol. The van der Waals surface area contributed by atoms with E-state index in [1.165, 1.54) is 0 Å². The Balaban J connectivity index is 2.11. The Morgan fingerprint density at radius 2 is 2.40 bits per heavy atom. The first-order valence-electron chi connectivity index (χ1n) is 4.82. The summed E-state index contributed by atoms with van der Waals surface area (Å²) in [5.74, 6) is 0.812. The van der Waals surface area contributed by atoms with E-state index in [1.807, 2.05) is 4.40 Å². The number of nitrogens with zero attached hydrogens (tertiary/aromatic N) is 4. The minimum atomic E-state index is 0.0444. The largest absolute Gasteiger partial charge is 0.370 e. The molecule has 78 valence electrons. The summed E-state index contributed by atoms with van der Waals surface area (Å²) in [5.41, 5.74) is 0.709. The molecule has 6 heteroatoms. The summed E-state index contributed by atoms with van der Waals surface area (Å²) in [6.07, 6.45) is 3.74. The zero-order valence-electron chi connectivity index (χ0n) is 7.93. The lowest BCUT2D eigenvalue weighted by molar-refractivity contribution is 0.104. The number of rotatable bonds is 1. The Bertz CT molecular complexity index is 492. The van der Waals surface area contributed by atoms with Crippen molar-refractivity contribution >= 4 is 17.2 Å². The third kappa shape index (κ3) is 1.48.